The van der Waals surface area contributed by atoms with Gasteiger partial charge >= 0.3 is 0 Å². The van der Waals surface area contributed by atoms with E-state index in [2.05, 4.69) is 70.1 Å². The van der Waals surface area contributed by atoms with Gasteiger partial charge in [-0.05, 0) is 56.2 Å². The third-order valence-corrected chi connectivity index (χ3v) is 5.17. The van der Waals surface area contributed by atoms with Crippen LogP contribution in [0.25, 0.3) is 0 Å². The van der Waals surface area contributed by atoms with Crippen molar-refractivity contribution in [3.63, 3.8) is 0 Å². The molecule has 0 radical (unpaired) electrons. The highest BCUT2D eigenvalue weighted by Gasteiger charge is 2.41. The predicted octanol–water partition coefficient (Wildman–Crippen LogP) is 4.15. The number of aryl methyl sites for hydroxylation is 2. The molecule has 1 aromatic rings. The average Bonchev–Trinajstić information content (AvgIpc) is 2.66. The van der Waals surface area contributed by atoms with Crippen LogP contribution < -0.4 is 10.2 Å². The molecule has 0 bridgehead atoms. The lowest BCUT2D eigenvalue weighted by atomic mass is 9.84. The fraction of sp³-hybridized carbons (Fsp3) is 0.684. The summed E-state index contributed by atoms with van der Waals surface area (Å²) in [7, 11) is 2.24. The predicted molar refractivity (Wildman–Crippen MR) is 93.2 cm³/mol. The van der Waals surface area contributed by atoms with E-state index in [0.717, 1.165) is 19.0 Å². The SMILES string of the molecule is CCNC1C(CN(C)c2ccc(C)cc2C)CCC1(C)C. The Hall–Kier alpha value is -1.02. The first-order valence-corrected chi connectivity index (χ1v) is 8.37. The monoisotopic (exact) mass is 288 g/mol. The van der Waals surface area contributed by atoms with Crippen LogP contribution >= 0.6 is 0 Å². The molecule has 0 aromatic heterocycles. The van der Waals surface area contributed by atoms with Gasteiger partial charge in [-0.25, -0.2) is 0 Å². The lowest BCUT2D eigenvalue weighted by Gasteiger charge is -2.34. The smallest absolute Gasteiger partial charge is 0.0393 e. The van der Waals surface area contributed by atoms with Crippen molar-refractivity contribution in [2.75, 3.05) is 25.0 Å². The maximum Gasteiger partial charge on any atom is 0.0393 e. The highest BCUT2D eigenvalue weighted by Crippen LogP contribution is 2.42. The molecule has 2 heteroatoms. The zero-order chi connectivity index (χ0) is 15.6. The van der Waals surface area contributed by atoms with Crippen LogP contribution in [0.5, 0.6) is 0 Å². The van der Waals surface area contributed by atoms with Gasteiger partial charge in [0, 0.05) is 25.3 Å². The molecule has 0 saturated heterocycles. The molecule has 1 saturated carbocycles. The van der Waals surface area contributed by atoms with E-state index in [0.29, 0.717) is 11.5 Å². The van der Waals surface area contributed by atoms with Crippen LogP contribution in [-0.4, -0.2) is 26.2 Å². The van der Waals surface area contributed by atoms with Crippen molar-refractivity contribution in [2.45, 2.75) is 53.5 Å². The number of rotatable bonds is 5. The van der Waals surface area contributed by atoms with Gasteiger partial charge in [0.05, 0.1) is 0 Å². The number of benzene rings is 1. The number of nitrogens with zero attached hydrogens (tertiary/aromatic N) is 1. The molecule has 1 aliphatic rings. The minimum absolute atomic E-state index is 0.420. The summed E-state index contributed by atoms with van der Waals surface area (Å²) in [6.07, 6.45) is 2.66. The Morgan fingerprint density at radius 2 is 2.00 bits per heavy atom. The third kappa shape index (κ3) is 3.60. The first-order valence-electron chi connectivity index (χ1n) is 8.37. The molecule has 2 rings (SSSR count). The van der Waals surface area contributed by atoms with Crippen molar-refractivity contribution < 1.29 is 0 Å². The fourth-order valence-corrected chi connectivity index (χ4v) is 4.06. The van der Waals surface area contributed by atoms with E-state index >= 15 is 0 Å². The lowest BCUT2D eigenvalue weighted by molar-refractivity contribution is 0.253. The molecule has 0 aliphatic heterocycles. The van der Waals surface area contributed by atoms with Crippen LogP contribution in [0.3, 0.4) is 0 Å². The number of nitrogens with one attached hydrogen (secondary N) is 1. The van der Waals surface area contributed by atoms with Gasteiger partial charge < -0.3 is 10.2 Å². The van der Waals surface area contributed by atoms with Gasteiger partial charge in [0.1, 0.15) is 0 Å². The van der Waals surface area contributed by atoms with Crippen LogP contribution in [-0.2, 0) is 0 Å². The molecule has 0 spiro atoms. The van der Waals surface area contributed by atoms with Crippen LogP contribution in [0.1, 0.15) is 44.7 Å². The molecule has 0 heterocycles. The second-order valence-electron chi connectivity index (χ2n) is 7.49. The first-order chi connectivity index (χ1) is 9.85. The topological polar surface area (TPSA) is 15.3 Å². The van der Waals surface area contributed by atoms with Gasteiger partial charge in [-0.2, -0.15) is 0 Å². The van der Waals surface area contributed by atoms with Crippen molar-refractivity contribution in [1.82, 2.24) is 5.32 Å². The highest BCUT2D eigenvalue weighted by molar-refractivity contribution is 5.53. The van der Waals surface area contributed by atoms with Crippen LogP contribution in [0.4, 0.5) is 5.69 Å². The van der Waals surface area contributed by atoms with E-state index in [-0.39, 0.29) is 0 Å². The van der Waals surface area contributed by atoms with Crippen molar-refractivity contribution in [1.29, 1.82) is 0 Å². The van der Waals surface area contributed by atoms with Crippen molar-refractivity contribution in [2.24, 2.45) is 11.3 Å². The summed E-state index contributed by atoms with van der Waals surface area (Å²) < 4.78 is 0. The number of anilines is 1. The van der Waals surface area contributed by atoms with Crippen LogP contribution in [0, 0.1) is 25.2 Å². The molecule has 0 amide bonds. The van der Waals surface area contributed by atoms with Crippen molar-refractivity contribution in [3.8, 4) is 0 Å². The van der Waals surface area contributed by atoms with Gasteiger partial charge in [-0.3, -0.25) is 0 Å². The largest absolute Gasteiger partial charge is 0.374 e. The Balaban J connectivity index is 2.09. The van der Waals surface area contributed by atoms with E-state index in [1.54, 1.807) is 0 Å². The maximum atomic E-state index is 3.74. The fourth-order valence-electron chi connectivity index (χ4n) is 4.06. The molecule has 2 atom stereocenters. The van der Waals surface area contributed by atoms with Gasteiger partial charge in [0.25, 0.3) is 0 Å². The van der Waals surface area contributed by atoms with E-state index in [9.17, 15) is 0 Å². The molecule has 1 N–H and O–H groups in total. The third-order valence-electron chi connectivity index (χ3n) is 5.17. The summed E-state index contributed by atoms with van der Waals surface area (Å²) >= 11 is 0. The van der Waals surface area contributed by atoms with Crippen LogP contribution in [0.2, 0.25) is 0 Å². The quantitative estimate of drug-likeness (QED) is 0.875. The van der Waals surface area contributed by atoms with Gasteiger partial charge in [-0.15, -0.1) is 0 Å². The second-order valence-corrected chi connectivity index (χ2v) is 7.49. The molecule has 1 aliphatic carbocycles. The van der Waals surface area contributed by atoms with Gasteiger partial charge in [-0.1, -0.05) is 38.5 Å². The summed E-state index contributed by atoms with van der Waals surface area (Å²) in [5, 5.41) is 3.74. The molecule has 2 nitrogen and oxygen atoms in total. The Morgan fingerprint density at radius 1 is 1.29 bits per heavy atom. The summed E-state index contributed by atoms with van der Waals surface area (Å²) in [5.74, 6) is 0.741. The Labute approximate surface area is 130 Å². The molecular weight excluding hydrogens is 256 g/mol. The first kappa shape index (κ1) is 16.4. The van der Waals surface area contributed by atoms with Crippen molar-refractivity contribution in [3.05, 3.63) is 29.3 Å². The van der Waals surface area contributed by atoms with Crippen LogP contribution in [0.15, 0.2) is 18.2 Å². The normalized spacial score (nSPS) is 24.3. The summed E-state index contributed by atoms with van der Waals surface area (Å²) in [5.41, 5.74) is 4.52. The highest BCUT2D eigenvalue weighted by atomic mass is 15.1. The zero-order valence-electron chi connectivity index (χ0n) is 14.7. The Morgan fingerprint density at radius 3 is 2.62 bits per heavy atom. The van der Waals surface area contributed by atoms with E-state index < -0.39 is 0 Å². The van der Waals surface area contributed by atoms with E-state index in [1.807, 2.05) is 0 Å². The Bertz CT molecular complexity index is 478. The molecule has 1 aromatic carbocycles. The zero-order valence-corrected chi connectivity index (χ0v) is 14.7. The van der Waals surface area contributed by atoms with Crippen molar-refractivity contribution >= 4 is 5.69 Å². The molecule has 1 fully saturated rings. The molecule has 118 valence electrons. The summed E-state index contributed by atoms with van der Waals surface area (Å²) in [4.78, 5) is 2.45. The standard InChI is InChI=1S/C19H32N2/c1-7-20-18-16(10-11-19(18,4)5)13-21(6)17-9-8-14(2)12-15(17)3/h8-9,12,16,18,20H,7,10-11,13H2,1-6H3. The maximum absolute atomic E-state index is 3.74. The second kappa shape index (κ2) is 6.39. The lowest BCUT2D eigenvalue weighted by Crippen LogP contribution is -2.45. The van der Waals surface area contributed by atoms with Gasteiger partial charge in [0.15, 0.2) is 0 Å². The number of hydrogen-bond donors (Lipinski definition) is 1. The minimum atomic E-state index is 0.420. The molecule has 2 unspecified atom stereocenters. The summed E-state index contributed by atoms with van der Waals surface area (Å²) in [6.45, 7) is 13.6. The summed E-state index contributed by atoms with van der Waals surface area (Å²) in [6, 6.07) is 7.41. The average molecular weight is 288 g/mol. The molecule has 21 heavy (non-hydrogen) atoms. The Kier molecular flexibility index (Phi) is 4.98. The minimum Gasteiger partial charge on any atom is -0.374 e. The van der Waals surface area contributed by atoms with Gasteiger partial charge in [0.2, 0.25) is 0 Å². The van der Waals surface area contributed by atoms with E-state index in [4.69, 9.17) is 0 Å². The van der Waals surface area contributed by atoms with E-state index in [1.165, 1.54) is 29.7 Å². The number of hydrogen-bond acceptors (Lipinski definition) is 2. The molecular formula is C19H32N2.